The molecule has 9 heteroatoms. The van der Waals surface area contributed by atoms with Crippen LogP contribution in [0.15, 0.2) is 12.1 Å². The van der Waals surface area contributed by atoms with Crippen molar-refractivity contribution in [1.29, 1.82) is 0 Å². The summed E-state index contributed by atoms with van der Waals surface area (Å²) in [7, 11) is 0. The molecule has 1 spiro atoms. The van der Waals surface area contributed by atoms with Crippen LogP contribution in [-0.2, 0) is 14.3 Å². The van der Waals surface area contributed by atoms with E-state index in [9.17, 15) is 18.4 Å². The number of carbonyl (C=O) groups excluding carboxylic acids is 2. The second-order valence-electron chi connectivity index (χ2n) is 8.60. The molecule has 1 saturated carbocycles. The Hall–Kier alpha value is -2.42. The van der Waals surface area contributed by atoms with E-state index in [-0.39, 0.29) is 43.1 Å². The highest BCUT2D eigenvalue weighted by atomic mass is 19.1. The lowest BCUT2D eigenvalue weighted by molar-refractivity contribution is -0.127. The molecule has 1 aliphatic carbocycles. The molecule has 2 amide bonds. The molecule has 7 nitrogen and oxygen atoms in total. The lowest BCUT2D eigenvalue weighted by Gasteiger charge is -2.56. The highest BCUT2D eigenvalue weighted by Gasteiger charge is 2.50. The average molecular weight is 409 g/mol. The second kappa shape index (κ2) is 6.83. The molecule has 3 saturated heterocycles. The van der Waals surface area contributed by atoms with Crippen molar-refractivity contribution in [2.45, 2.75) is 25.4 Å². The molecule has 1 aromatic carbocycles. The molecule has 3 aliphatic heterocycles. The first kappa shape index (κ1) is 18.6. The zero-order valence-electron chi connectivity index (χ0n) is 16.0. The van der Waals surface area contributed by atoms with Gasteiger partial charge in [0.1, 0.15) is 11.8 Å². The number of nitrogens with one attached hydrogen (secondary N) is 1. The van der Waals surface area contributed by atoms with Crippen molar-refractivity contribution in [2.75, 3.05) is 49.2 Å². The number of cyclic esters (lactones) is 1. The van der Waals surface area contributed by atoms with Gasteiger partial charge in [-0.15, -0.1) is 0 Å². The Morgan fingerprint density at radius 2 is 1.93 bits per heavy atom. The van der Waals surface area contributed by atoms with Crippen molar-refractivity contribution in [1.82, 2.24) is 5.32 Å². The molecule has 29 heavy (non-hydrogen) atoms. The van der Waals surface area contributed by atoms with Crippen molar-refractivity contribution in [3.63, 3.8) is 0 Å². The van der Waals surface area contributed by atoms with Crippen LogP contribution in [0.4, 0.5) is 25.0 Å². The van der Waals surface area contributed by atoms with Gasteiger partial charge in [-0.1, -0.05) is 6.42 Å². The van der Waals surface area contributed by atoms with Gasteiger partial charge < -0.3 is 19.7 Å². The zero-order valence-corrected chi connectivity index (χ0v) is 16.0. The quantitative estimate of drug-likeness (QED) is 0.808. The third-order valence-electron chi connectivity index (χ3n) is 6.35. The fourth-order valence-corrected chi connectivity index (χ4v) is 4.37. The number of ether oxygens (including phenoxy) is 2. The third kappa shape index (κ3) is 3.21. The molecule has 4 fully saturated rings. The average Bonchev–Trinajstić information content (AvgIpc) is 2.91. The van der Waals surface area contributed by atoms with Gasteiger partial charge >= 0.3 is 6.09 Å². The maximum Gasteiger partial charge on any atom is 0.414 e. The highest BCUT2D eigenvalue weighted by molar-refractivity contribution is 5.90. The minimum Gasteiger partial charge on any atom is -0.442 e. The van der Waals surface area contributed by atoms with Crippen LogP contribution in [0.2, 0.25) is 0 Å². The van der Waals surface area contributed by atoms with Gasteiger partial charge in [-0.2, -0.15) is 0 Å². The van der Waals surface area contributed by atoms with E-state index >= 15 is 0 Å². The van der Waals surface area contributed by atoms with E-state index in [1.165, 1.54) is 4.90 Å². The summed E-state index contributed by atoms with van der Waals surface area (Å²) in [4.78, 5) is 27.0. The largest absolute Gasteiger partial charge is 0.442 e. The van der Waals surface area contributed by atoms with E-state index < -0.39 is 23.8 Å². The van der Waals surface area contributed by atoms with Crippen LogP contribution in [-0.4, -0.2) is 57.5 Å². The first-order valence-corrected chi connectivity index (χ1v) is 10.0. The summed E-state index contributed by atoms with van der Waals surface area (Å²) in [6.07, 6.45) is 1.61. The number of benzene rings is 1. The van der Waals surface area contributed by atoms with Gasteiger partial charge in [0.2, 0.25) is 5.91 Å². The number of hydrogen-bond donors (Lipinski definition) is 1. The normalized spacial score (nSPS) is 25.3. The molecule has 1 atom stereocenters. The number of carbonyl (C=O) groups is 2. The van der Waals surface area contributed by atoms with Crippen LogP contribution < -0.4 is 15.1 Å². The number of rotatable bonds is 5. The smallest absolute Gasteiger partial charge is 0.414 e. The zero-order chi connectivity index (χ0) is 20.2. The first-order chi connectivity index (χ1) is 13.9. The number of halogens is 2. The number of hydrogen-bond acceptors (Lipinski definition) is 5. The van der Waals surface area contributed by atoms with Gasteiger partial charge in [0.05, 0.1) is 37.4 Å². The van der Waals surface area contributed by atoms with Crippen molar-refractivity contribution in [3.8, 4) is 0 Å². The van der Waals surface area contributed by atoms with Crippen LogP contribution in [0.1, 0.15) is 20.7 Å². The van der Waals surface area contributed by atoms with Gasteiger partial charge in [0.25, 0.3) is 0 Å². The molecule has 0 radical (unpaired) electrons. The Labute approximate surface area is 168 Å². The Morgan fingerprint density at radius 3 is 2.48 bits per heavy atom. The molecule has 1 N–H and O–H groups in total. The Kier molecular flexibility index (Phi) is 4.38. The van der Waals surface area contributed by atoms with Crippen molar-refractivity contribution >= 4 is 23.4 Å². The van der Waals surface area contributed by atoms with Gasteiger partial charge in [0.15, 0.2) is 11.6 Å². The van der Waals surface area contributed by atoms with Gasteiger partial charge in [-0.25, -0.2) is 13.6 Å². The van der Waals surface area contributed by atoms with Crippen LogP contribution in [0.3, 0.4) is 0 Å². The molecule has 158 valence electrons. The van der Waals surface area contributed by atoms with E-state index in [1.807, 2.05) is 0 Å². The standard InChI is InChI=1S/C20H23F2N3O4.H2/c21-15-4-13(5-16(22)17(15)24-8-20(9-24)10-28-11-20)25-7-14(29-19(25)27)6-23-18(26)12-2-1-3-12;/h4-5,12,14H,1-3,6-11H2,(H,23,26);1H/t14-;/m0./s1. The molecule has 1 aromatic rings. The summed E-state index contributed by atoms with van der Waals surface area (Å²) in [5.74, 6) is -1.39. The van der Waals surface area contributed by atoms with Gasteiger partial charge in [0, 0.05) is 32.6 Å². The third-order valence-corrected chi connectivity index (χ3v) is 6.35. The lowest BCUT2D eigenvalue weighted by Crippen LogP contribution is -2.66. The number of anilines is 2. The molecule has 0 unspecified atom stereocenters. The van der Waals surface area contributed by atoms with Crippen molar-refractivity contribution in [3.05, 3.63) is 23.8 Å². The lowest BCUT2D eigenvalue weighted by atomic mass is 9.77. The fourth-order valence-electron chi connectivity index (χ4n) is 4.37. The number of nitrogens with zero attached hydrogens (tertiary/aromatic N) is 2. The first-order valence-electron chi connectivity index (χ1n) is 10.0. The molecular formula is C20H25F2N3O4. The minimum absolute atomic E-state index is 0. The Bertz CT molecular complexity index is 831. The Morgan fingerprint density at radius 1 is 1.24 bits per heavy atom. The van der Waals surface area contributed by atoms with Crippen molar-refractivity contribution < 1.29 is 29.3 Å². The maximum absolute atomic E-state index is 14.7. The second-order valence-corrected chi connectivity index (χ2v) is 8.60. The summed E-state index contributed by atoms with van der Waals surface area (Å²) in [6.45, 7) is 2.71. The molecular weight excluding hydrogens is 384 g/mol. The van der Waals surface area contributed by atoms with E-state index in [0.717, 1.165) is 31.4 Å². The Balaban J connectivity index is 0.00000218. The summed E-state index contributed by atoms with van der Waals surface area (Å²) in [6, 6.07) is 2.33. The van der Waals surface area contributed by atoms with Crippen LogP contribution in [0.25, 0.3) is 0 Å². The molecule has 4 aliphatic rings. The molecule has 0 bridgehead atoms. The topological polar surface area (TPSA) is 71.1 Å². The molecule has 0 aromatic heterocycles. The van der Waals surface area contributed by atoms with E-state index in [0.29, 0.717) is 26.3 Å². The van der Waals surface area contributed by atoms with Gasteiger partial charge in [-0.05, 0) is 12.8 Å². The highest BCUT2D eigenvalue weighted by Crippen LogP contribution is 2.42. The summed E-state index contributed by atoms with van der Waals surface area (Å²) < 4.78 is 39.8. The van der Waals surface area contributed by atoms with E-state index in [2.05, 4.69) is 5.32 Å². The summed E-state index contributed by atoms with van der Waals surface area (Å²) in [5, 5.41) is 2.79. The van der Waals surface area contributed by atoms with Crippen LogP contribution in [0, 0.1) is 23.0 Å². The van der Waals surface area contributed by atoms with Gasteiger partial charge in [-0.3, -0.25) is 9.69 Å². The molecule has 3 heterocycles. The molecule has 5 rings (SSSR count). The summed E-state index contributed by atoms with van der Waals surface area (Å²) in [5.41, 5.74) is 0.0833. The number of amides is 2. The van der Waals surface area contributed by atoms with Crippen LogP contribution in [0.5, 0.6) is 0 Å². The predicted octanol–water partition coefficient (Wildman–Crippen LogP) is 2.29. The maximum atomic E-state index is 14.7. The fraction of sp³-hybridized carbons (Fsp3) is 0.600. The summed E-state index contributed by atoms with van der Waals surface area (Å²) >= 11 is 0. The predicted molar refractivity (Wildman–Crippen MR) is 102 cm³/mol. The minimum atomic E-state index is -0.704. The monoisotopic (exact) mass is 409 g/mol. The SMILES string of the molecule is O=C(NC[C@H]1CN(c2cc(F)c(N3CC4(COC4)C3)c(F)c2)C(=O)O1)C1CCC1.[HH]. The van der Waals surface area contributed by atoms with Crippen molar-refractivity contribution in [2.24, 2.45) is 11.3 Å². The van der Waals surface area contributed by atoms with Crippen LogP contribution >= 0.6 is 0 Å². The van der Waals surface area contributed by atoms with E-state index in [1.54, 1.807) is 4.90 Å². The van der Waals surface area contributed by atoms with E-state index in [4.69, 9.17) is 9.47 Å².